The summed E-state index contributed by atoms with van der Waals surface area (Å²) in [5.41, 5.74) is 6.73. The Labute approximate surface area is 226 Å². The van der Waals surface area contributed by atoms with Crippen molar-refractivity contribution in [3.8, 4) is 0 Å². The second-order valence-corrected chi connectivity index (χ2v) is 9.37. The Kier molecular flexibility index (Phi) is 9.55. The van der Waals surface area contributed by atoms with Crippen molar-refractivity contribution >= 4 is 45.7 Å². The third-order valence-electron chi connectivity index (χ3n) is 5.04. The van der Waals surface area contributed by atoms with Gasteiger partial charge in [0, 0.05) is 17.6 Å². The van der Waals surface area contributed by atoms with Gasteiger partial charge in [0.2, 0.25) is 0 Å². The first kappa shape index (κ1) is 29.2. The lowest BCUT2D eigenvalue weighted by molar-refractivity contribution is -0.287. The molecule has 0 fully saturated rings. The summed E-state index contributed by atoms with van der Waals surface area (Å²) in [5, 5.41) is 6.17. The molecular weight excluding hydrogens is 546 g/mol. The van der Waals surface area contributed by atoms with Crippen molar-refractivity contribution in [2.75, 3.05) is 17.2 Å². The molecule has 0 aliphatic carbocycles. The quantitative estimate of drug-likeness (QED) is 0.218. The van der Waals surface area contributed by atoms with Gasteiger partial charge in [-0.05, 0) is 29.5 Å². The fourth-order valence-electron chi connectivity index (χ4n) is 3.17. The number of aromatic nitrogens is 1. The van der Waals surface area contributed by atoms with E-state index in [1.165, 1.54) is 24.4 Å². The van der Waals surface area contributed by atoms with Gasteiger partial charge in [-0.2, -0.15) is 13.2 Å². The van der Waals surface area contributed by atoms with Crippen LogP contribution in [0.2, 0.25) is 10.0 Å². The Morgan fingerprint density at radius 3 is 2.55 bits per heavy atom. The van der Waals surface area contributed by atoms with Gasteiger partial charge in [0.05, 0.1) is 22.9 Å². The molecule has 8 nitrogen and oxygen atoms in total. The van der Waals surface area contributed by atoms with E-state index in [1.807, 2.05) is 13.8 Å². The van der Waals surface area contributed by atoms with Crippen molar-refractivity contribution in [2.45, 2.75) is 26.1 Å². The smallest absolute Gasteiger partial charge is 0.331 e. The number of hydrogen-bond acceptors (Lipinski definition) is 6. The average Bonchev–Trinajstić information content (AvgIpc) is 2.85. The molecule has 5 N–H and O–H groups in total. The van der Waals surface area contributed by atoms with E-state index in [1.54, 1.807) is 24.3 Å². The summed E-state index contributed by atoms with van der Waals surface area (Å²) in [4.78, 5) is 35.5. The van der Waals surface area contributed by atoms with Gasteiger partial charge < -0.3 is 16.4 Å². The van der Waals surface area contributed by atoms with E-state index < -0.39 is 29.7 Å². The summed E-state index contributed by atoms with van der Waals surface area (Å²) in [7, 11) is 0. The molecule has 1 atom stereocenters. The maximum atomic E-state index is 13.3. The summed E-state index contributed by atoms with van der Waals surface area (Å²) in [5.74, 6) is -1.72. The molecule has 202 valence electrons. The maximum absolute atomic E-state index is 13.3. The van der Waals surface area contributed by atoms with Crippen LogP contribution in [0.3, 0.4) is 0 Å². The number of pyridine rings is 1. The minimum atomic E-state index is -4.84. The standard InChI is InChI=1S/C25H24Cl2F3N5O3/c1-13(2)12-38-35-23(36)16-10-14-6-3-4-7-15(14)20(27)21(16)34-24(37)18(11-19(31)25(28,29)30)33-22-17(26)8-5-9-32-22/h3-11,13,19,26H,12,31H2,1-2H3,(H2-,32,33,34,35,36,37)/p+1/b18-11-. The lowest BCUT2D eigenvalue weighted by atomic mass is 10.0. The average molecular weight is 571 g/mol. The largest absolute Gasteiger partial charge is 0.407 e. The Hall–Kier alpha value is -3.38. The molecule has 0 radical (unpaired) electrons. The molecule has 1 aromatic heterocycles. The number of alkyl halides is 3. The number of nitrogens with two attached hydrogens (primary N) is 1. The number of carbonyl (C=O) groups excluding carboxylic acids is 2. The van der Waals surface area contributed by atoms with Gasteiger partial charge >= 0.3 is 6.18 Å². The lowest BCUT2D eigenvalue weighted by Gasteiger charge is -2.18. The molecule has 3 aromatic rings. The van der Waals surface area contributed by atoms with Crippen LogP contribution in [0.5, 0.6) is 0 Å². The van der Waals surface area contributed by atoms with Crippen molar-refractivity contribution in [3.63, 3.8) is 0 Å². The van der Waals surface area contributed by atoms with Gasteiger partial charge in [-0.25, -0.2) is 10.5 Å². The summed E-state index contributed by atoms with van der Waals surface area (Å²) in [6, 6.07) is 8.79. The number of anilines is 2. The molecule has 1 unspecified atom stereocenters. The van der Waals surface area contributed by atoms with E-state index in [2.05, 4.69) is 21.1 Å². The summed E-state index contributed by atoms with van der Waals surface area (Å²) >= 11 is 11.7. The topological polar surface area (TPSA) is 118 Å². The molecule has 13 heteroatoms. The van der Waals surface area contributed by atoms with Crippen LogP contribution in [-0.4, -0.2) is 35.6 Å². The number of hydroxylamine groups is 1. The SMILES string of the molecule is CC(C)CONC(=O)c1cc2ccccc2c(Cl)c1NC(=O)/C(=C/C(N)C(F)(F)F)Nc1ncccc1[ClH+]. The molecular formula is C25H25Cl2F3N5O3+. The van der Waals surface area contributed by atoms with E-state index in [0.29, 0.717) is 16.8 Å². The van der Waals surface area contributed by atoms with Gasteiger partial charge in [0.1, 0.15) is 11.7 Å². The van der Waals surface area contributed by atoms with Crippen LogP contribution in [0.15, 0.2) is 60.4 Å². The Bertz CT molecular complexity index is 1370. The molecule has 0 aliphatic heterocycles. The first-order valence-electron chi connectivity index (χ1n) is 11.3. The van der Waals surface area contributed by atoms with Gasteiger partial charge in [0.25, 0.3) is 16.8 Å². The first-order valence-corrected chi connectivity index (χ1v) is 12.0. The predicted molar refractivity (Wildman–Crippen MR) is 136 cm³/mol. The second-order valence-electron chi connectivity index (χ2n) is 8.55. The van der Waals surface area contributed by atoms with E-state index in [9.17, 15) is 22.8 Å². The molecule has 0 bridgehead atoms. The van der Waals surface area contributed by atoms with Gasteiger partial charge in [-0.1, -0.05) is 49.7 Å². The number of halogens is 5. The van der Waals surface area contributed by atoms with Crippen molar-refractivity contribution in [3.05, 3.63) is 76.0 Å². The molecule has 3 rings (SSSR count). The molecule has 0 aliphatic rings. The van der Waals surface area contributed by atoms with Crippen LogP contribution in [0.1, 0.15) is 24.2 Å². The number of rotatable bonds is 9. The zero-order valence-electron chi connectivity index (χ0n) is 20.2. The van der Waals surface area contributed by atoms with E-state index in [4.69, 9.17) is 33.8 Å². The van der Waals surface area contributed by atoms with E-state index in [-0.39, 0.29) is 39.6 Å². The van der Waals surface area contributed by atoms with Crippen LogP contribution < -0.4 is 21.8 Å². The molecule has 2 aromatic carbocycles. The number of amides is 2. The second kappa shape index (κ2) is 12.4. The van der Waals surface area contributed by atoms with E-state index >= 15 is 0 Å². The summed E-state index contributed by atoms with van der Waals surface area (Å²) < 4.78 is 39.7. The van der Waals surface area contributed by atoms with Gasteiger partial charge in [-0.15, -0.1) is 0 Å². The monoisotopic (exact) mass is 570 g/mol. The number of fused-ring (bicyclic) bond motifs is 1. The van der Waals surface area contributed by atoms with E-state index in [0.717, 1.165) is 0 Å². The summed E-state index contributed by atoms with van der Waals surface area (Å²) in [6.45, 7) is 3.98. The first-order chi connectivity index (χ1) is 17.9. The predicted octanol–water partition coefficient (Wildman–Crippen LogP) is 4.73. The van der Waals surface area contributed by atoms with Crippen molar-refractivity contribution in [1.82, 2.24) is 10.5 Å². The maximum Gasteiger partial charge on any atom is 0.407 e. The highest BCUT2D eigenvalue weighted by atomic mass is 35.5. The fourth-order valence-corrected chi connectivity index (χ4v) is 3.68. The number of benzene rings is 2. The van der Waals surface area contributed by atoms with Crippen molar-refractivity contribution in [2.24, 2.45) is 11.7 Å². The third kappa shape index (κ3) is 7.35. The number of hydrogen-bond donors (Lipinski definition) is 4. The van der Waals surface area contributed by atoms with Crippen molar-refractivity contribution < 1.29 is 39.2 Å². The van der Waals surface area contributed by atoms with Crippen LogP contribution in [-0.2, 0) is 9.63 Å². The number of carbonyl (C=O) groups is 2. The Balaban J connectivity index is 2.05. The Morgan fingerprint density at radius 1 is 1.18 bits per heavy atom. The van der Waals surface area contributed by atoms with Gasteiger partial charge in [0.15, 0.2) is 17.4 Å². The third-order valence-corrected chi connectivity index (χ3v) is 5.77. The Morgan fingerprint density at radius 2 is 1.89 bits per heavy atom. The number of nitrogens with zero attached hydrogens (tertiary/aromatic N) is 1. The normalized spacial score (nSPS) is 12.9. The van der Waals surface area contributed by atoms with Crippen LogP contribution in [0.4, 0.5) is 24.7 Å². The van der Waals surface area contributed by atoms with Crippen LogP contribution in [0.25, 0.3) is 10.8 Å². The zero-order chi connectivity index (χ0) is 28.0. The molecule has 2 amide bonds. The molecule has 0 saturated heterocycles. The van der Waals surface area contributed by atoms with Crippen LogP contribution in [0, 0.1) is 17.5 Å². The van der Waals surface area contributed by atoms with Crippen molar-refractivity contribution in [1.29, 1.82) is 0 Å². The molecule has 0 saturated carbocycles. The number of nitrogens with one attached hydrogen (secondary N) is 3. The highest BCUT2D eigenvalue weighted by molar-refractivity contribution is 6.40. The fraction of sp³-hybridized carbons (Fsp3) is 0.240. The zero-order valence-corrected chi connectivity index (χ0v) is 21.8. The highest BCUT2D eigenvalue weighted by Gasteiger charge is 2.36. The van der Waals surface area contributed by atoms with Gasteiger partial charge in [-0.3, -0.25) is 14.4 Å². The highest BCUT2D eigenvalue weighted by Crippen LogP contribution is 2.35. The molecule has 1 heterocycles. The molecule has 38 heavy (non-hydrogen) atoms. The van der Waals surface area contributed by atoms with Crippen LogP contribution >= 0.6 is 11.6 Å². The molecule has 0 spiro atoms. The minimum Gasteiger partial charge on any atom is -0.331 e. The minimum absolute atomic E-state index is 0.00766. The lowest BCUT2D eigenvalue weighted by Crippen LogP contribution is -2.37. The summed E-state index contributed by atoms with van der Waals surface area (Å²) in [6.07, 6.45) is -3.01.